The van der Waals surface area contributed by atoms with Gasteiger partial charge in [0.05, 0.1) is 19.2 Å². The van der Waals surface area contributed by atoms with Crippen LogP contribution in [0.25, 0.3) is 22.6 Å². The van der Waals surface area contributed by atoms with Gasteiger partial charge in [-0.2, -0.15) is 0 Å². The molecular formula is C19H17FN2O3. The maximum Gasteiger partial charge on any atom is 0.254 e. The Balaban J connectivity index is 1.66. The molecule has 1 saturated heterocycles. The van der Waals surface area contributed by atoms with Gasteiger partial charge in [-0.3, -0.25) is 4.79 Å². The number of oxazole rings is 1. The summed E-state index contributed by atoms with van der Waals surface area (Å²) in [4.78, 5) is 18.5. The molecule has 2 atom stereocenters. The third kappa shape index (κ3) is 2.89. The van der Waals surface area contributed by atoms with Crippen LogP contribution in [0.15, 0.2) is 52.9 Å². The Bertz CT molecular complexity index is 909. The van der Waals surface area contributed by atoms with Gasteiger partial charge in [0.25, 0.3) is 5.91 Å². The Morgan fingerprint density at radius 3 is 2.84 bits per heavy atom. The van der Waals surface area contributed by atoms with Crippen LogP contribution >= 0.6 is 0 Å². The third-order valence-electron chi connectivity index (χ3n) is 4.49. The van der Waals surface area contributed by atoms with Crippen molar-refractivity contribution in [3.63, 3.8) is 0 Å². The summed E-state index contributed by atoms with van der Waals surface area (Å²) in [5.41, 5.74) is 2.41. The number of fused-ring (bicyclic) bond motifs is 1. The van der Waals surface area contributed by atoms with Crippen LogP contribution in [-0.2, 0) is 0 Å². The van der Waals surface area contributed by atoms with Crippen LogP contribution in [0, 0.1) is 0 Å². The van der Waals surface area contributed by atoms with Gasteiger partial charge in [0, 0.05) is 17.5 Å². The van der Waals surface area contributed by atoms with Crippen molar-refractivity contribution in [3.05, 3.63) is 54.1 Å². The number of aliphatic hydroxyl groups excluding tert-OH is 1. The van der Waals surface area contributed by atoms with Crippen molar-refractivity contribution in [2.75, 3.05) is 13.2 Å². The number of aromatic nitrogens is 1. The molecule has 5 nitrogen and oxygen atoms in total. The van der Waals surface area contributed by atoms with Crippen molar-refractivity contribution in [2.24, 2.45) is 0 Å². The van der Waals surface area contributed by atoms with Gasteiger partial charge >= 0.3 is 0 Å². The molecule has 4 rings (SSSR count). The number of alkyl halides is 1. The Kier molecular flexibility index (Phi) is 3.97. The summed E-state index contributed by atoms with van der Waals surface area (Å²) in [5, 5.41) is 9.36. The molecule has 0 radical (unpaired) electrons. The Morgan fingerprint density at radius 1 is 1.28 bits per heavy atom. The molecule has 0 unspecified atom stereocenters. The van der Waals surface area contributed by atoms with E-state index in [9.17, 15) is 14.3 Å². The summed E-state index contributed by atoms with van der Waals surface area (Å²) >= 11 is 0. The zero-order chi connectivity index (χ0) is 17.4. The predicted molar refractivity (Wildman–Crippen MR) is 90.9 cm³/mol. The lowest BCUT2D eigenvalue weighted by molar-refractivity contribution is 0.0673. The minimum atomic E-state index is -1.10. The van der Waals surface area contributed by atoms with Crippen molar-refractivity contribution in [2.45, 2.75) is 18.6 Å². The summed E-state index contributed by atoms with van der Waals surface area (Å²) in [6.07, 6.45) is -0.926. The highest BCUT2D eigenvalue weighted by molar-refractivity contribution is 5.97. The lowest BCUT2D eigenvalue weighted by atomic mass is 10.1. The molecule has 0 aliphatic carbocycles. The summed E-state index contributed by atoms with van der Waals surface area (Å²) < 4.78 is 19.4. The highest BCUT2D eigenvalue weighted by Gasteiger charge is 2.35. The van der Waals surface area contributed by atoms with Crippen LogP contribution in [-0.4, -0.2) is 46.3 Å². The normalized spacial score (nSPS) is 20.3. The Hall–Kier alpha value is -2.73. The largest absolute Gasteiger partial charge is 0.436 e. The van der Waals surface area contributed by atoms with E-state index in [0.717, 1.165) is 5.56 Å². The van der Waals surface area contributed by atoms with E-state index >= 15 is 0 Å². The highest BCUT2D eigenvalue weighted by atomic mass is 19.1. The Labute approximate surface area is 143 Å². The molecule has 6 heteroatoms. The third-order valence-corrected chi connectivity index (χ3v) is 4.49. The van der Waals surface area contributed by atoms with Crippen LogP contribution < -0.4 is 0 Å². The summed E-state index contributed by atoms with van der Waals surface area (Å²) in [6.45, 7) is -0.233. The zero-order valence-corrected chi connectivity index (χ0v) is 13.4. The van der Waals surface area contributed by atoms with E-state index in [0.29, 0.717) is 22.6 Å². The van der Waals surface area contributed by atoms with Crippen LogP contribution in [0.1, 0.15) is 16.8 Å². The lowest BCUT2D eigenvalue weighted by Gasteiger charge is -2.22. The van der Waals surface area contributed by atoms with Crippen molar-refractivity contribution >= 4 is 17.0 Å². The minimum Gasteiger partial charge on any atom is -0.436 e. The molecule has 25 heavy (non-hydrogen) atoms. The van der Waals surface area contributed by atoms with Crippen molar-refractivity contribution in [1.29, 1.82) is 0 Å². The SMILES string of the molecule is O=C(c1ccc2nc(-c3ccccc3)oc2c1)N1C[C@@H](F)C[C@H]1CO. The highest BCUT2D eigenvalue weighted by Crippen LogP contribution is 2.27. The van der Waals surface area contributed by atoms with Crippen LogP contribution in [0.2, 0.25) is 0 Å². The van der Waals surface area contributed by atoms with E-state index in [-0.39, 0.29) is 25.5 Å². The lowest BCUT2D eigenvalue weighted by Crippen LogP contribution is -2.37. The maximum atomic E-state index is 13.6. The molecule has 1 fully saturated rings. The molecular weight excluding hydrogens is 323 g/mol. The number of rotatable bonds is 3. The molecule has 3 aromatic rings. The van der Waals surface area contributed by atoms with E-state index < -0.39 is 12.2 Å². The van der Waals surface area contributed by atoms with Gasteiger partial charge < -0.3 is 14.4 Å². The molecule has 0 saturated carbocycles. The number of amides is 1. The number of hydrogen-bond acceptors (Lipinski definition) is 4. The molecule has 128 valence electrons. The van der Waals surface area contributed by atoms with Gasteiger partial charge in [0.1, 0.15) is 11.7 Å². The fourth-order valence-corrected chi connectivity index (χ4v) is 3.21. The second kappa shape index (κ2) is 6.29. The van der Waals surface area contributed by atoms with Gasteiger partial charge in [0.15, 0.2) is 5.58 Å². The number of hydrogen-bond donors (Lipinski definition) is 1. The molecule has 1 aliphatic rings. The number of carbonyl (C=O) groups excluding carboxylic acids is 1. The molecule has 2 aromatic carbocycles. The number of benzene rings is 2. The van der Waals surface area contributed by atoms with Gasteiger partial charge in [-0.05, 0) is 30.3 Å². The molecule has 2 heterocycles. The van der Waals surface area contributed by atoms with Crippen molar-refractivity contribution in [1.82, 2.24) is 9.88 Å². The van der Waals surface area contributed by atoms with E-state index in [2.05, 4.69) is 4.98 Å². The van der Waals surface area contributed by atoms with E-state index in [1.807, 2.05) is 30.3 Å². The van der Waals surface area contributed by atoms with Gasteiger partial charge in [-0.15, -0.1) is 0 Å². The fraction of sp³-hybridized carbons (Fsp3) is 0.263. The number of aliphatic hydroxyl groups is 1. The molecule has 0 spiro atoms. The van der Waals surface area contributed by atoms with Crippen LogP contribution in [0.5, 0.6) is 0 Å². The summed E-state index contributed by atoms with van der Waals surface area (Å²) in [5.74, 6) is 0.178. The van der Waals surface area contributed by atoms with Gasteiger partial charge in [0.2, 0.25) is 5.89 Å². The monoisotopic (exact) mass is 340 g/mol. The van der Waals surface area contributed by atoms with E-state index in [1.54, 1.807) is 18.2 Å². The van der Waals surface area contributed by atoms with Crippen molar-refractivity contribution in [3.8, 4) is 11.5 Å². The molecule has 1 aromatic heterocycles. The minimum absolute atomic E-state index is 0.00771. The average molecular weight is 340 g/mol. The number of nitrogens with zero attached hydrogens (tertiary/aromatic N) is 2. The van der Waals surface area contributed by atoms with E-state index in [1.165, 1.54) is 4.90 Å². The van der Waals surface area contributed by atoms with Crippen molar-refractivity contribution < 1.29 is 18.7 Å². The summed E-state index contributed by atoms with van der Waals surface area (Å²) in [7, 11) is 0. The molecule has 1 amide bonds. The quantitative estimate of drug-likeness (QED) is 0.796. The first-order valence-electron chi connectivity index (χ1n) is 8.17. The maximum absolute atomic E-state index is 13.6. The topological polar surface area (TPSA) is 66.6 Å². The number of carbonyl (C=O) groups is 1. The number of halogens is 1. The van der Waals surface area contributed by atoms with Crippen LogP contribution in [0.4, 0.5) is 4.39 Å². The first kappa shape index (κ1) is 15.8. The predicted octanol–water partition coefficient (Wildman–Crippen LogP) is 3.04. The first-order valence-corrected chi connectivity index (χ1v) is 8.17. The van der Waals surface area contributed by atoms with Gasteiger partial charge in [-0.1, -0.05) is 18.2 Å². The molecule has 1 aliphatic heterocycles. The summed E-state index contributed by atoms with van der Waals surface area (Å²) in [6, 6.07) is 14.0. The number of likely N-dealkylation sites (tertiary alicyclic amines) is 1. The van der Waals surface area contributed by atoms with Gasteiger partial charge in [-0.25, -0.2) is 9.37 Å². The zero-order valence-electron chi connectivity index (χ0n) is 13.4. The average Bonchev–Trinajstić information content (AvgIpc) is 3.24. The Morgan fingerprint density at radius 2 is 2.08 bits per heavy atom. The molecule has 1 N–H and O–H groups in total. The fourth-order valence-electron chi connectivity index (χ4n) is 3.21. The van der Waals surface area contributed by atoms with Crippen LogP contribution in [0.3, 0.4) is 0 Å². The second-order valence-electron chi connectivity index (χ2n) is 6.19. The molecule has 0 bridgehead atoms. The standard InChI is InChI=1S/C19H17FN2O3/c20-14-9-15(11-23)22(10-14)19(24)13-6-7-16-17(8-13)25-18(21-16)12-4-2-1-3-5-12/h1-8,14-15,23H,9-11H2/t14-,15-/m0/s1. The van der Waals surface area contributed by atoms with E-state index in [4.69, 9.17) is 4.42 Å². The first-order chi connectivity index (χ1) is 12.2. The second-order valence-corrected chi connectivity index (χ2v) is 6.19. The smallest absolute Gasteiger partial charge is 0.254 e.